The number of aromatic nitrogens is 2. The average Bonchev–Trinajstić information content (AvgIpc) is 2.16. The maximum absolute atomic E-state index is 5.14. The van der Waals surface area contributed by atoms with Gasteiger partial charge in [0.25, 0.3) is 0 Å². The van der Waals surface area contributed by atoms with Crippen LogP contribution in [0.1, 0.15) is 12.5 Å². The normalized spacial score (nSPS) is 16.1. The first-order chi connectivity index (χ1) is 7.29. The molecular formula is C10H15N3OS. The quantitative estimate of drug-likeness (QED) is 0.790. The van der Waals surface area contributed by atoms with E-state index in [1.165, 1.54) is 0 Å². The summed E-state index contributed by atoms with van der Waals surface area (Å²) in [5, 5.41) is 4.74. The van der Waals surface area contributed by atoms with Gasteiger partial charge in [0.05, 0.1) is 18.5 Å². The van der Waals surface area contributed by atoms with Crippen LogP contribution in [0.5, 0.6) is 0 Å². The molecule has 15 heavy (non-hydrogen) atoms. The molecule has 1 aromatic rings. The highest BCUT2D eigenvalue weighted by atomic mass is 32.2. The van der Waals surface area contributed by atoms with E-state index in [0.717, 1.165) is 30.3 Å². The highest BCUT2D eigenvalue weighted by molar-refractivity contribution is 8.00. The first kappa shape index (κ1) is 10.7. The first-order valence-electron chi connectivity index (χ1n) is 5.11. The number of hydrogen-bond donors (Lipinski definition) is 1. The van der Waals surface area contributed by atoms with Crippen molar-refractivity contribution >= 4 is 17.7 Å². The van der Waals surface area contributed by atoms with E-state index in [4.69, 9.17) is 4.74 Å². The molecule has 0 amide bonds. The average molecular weight is 225 g/mol. The summed E-state index contributed by atoms with van der Waals surface area (Å²) in [6.07, 6.45) is 1.87. The molecule has 82 valence electrons. The van der Waals surface area contributed by atoms with Crippen LogP contribution in [0, 0.1) is 6.92 Å². The maximum atomic E-state index is 5.14. The first-order valence-corrected chi connectivity index (χ1v) is 5.99. The molecule has 2 rings (SSSR count). The van der Waals surface area contributed by atoms with Gasteiger partial charge in [0.1, 0.15) is 5.03 Å². The maximum Gasteiger partial charge on any atom is 0.223 e. The lowest BCUT2D eigenvalue weighted by atomic mass is 10.4. The topological polar surface area (TPSA) is 47.0 Å². The molecule has 0 saturated carbocycles. The predicted octanol–water partition coefficient (Wildman–Crippen LogP) is 1.71. The molecule has 0 spiro atoms. The van der Waals surface area contributed by atoms with Crippen LogP contribution in [0.2, 0.25) is 0 Å². The molecule has 1 aliphatic rings. The van der Waals surface area contributed by atoms with E-state index in [-0.39, 0.29) is 0 Å². The number of aryl methyl sites for hydroxylation is 1. The standard InChI is InChI=1S/C10H15N3OS/c1-3-11-10-12-4-7(2)9(13-10)15-8-5-14-6-8/h4,8H,3,5-6H2,1-2H3,(H,11,12,13). The van der Waals surface area contributed by atoms with Crippen LogP contribution in [0.4, 0.5) is 5.95 Å². The molecule has 0 atom stereocenters. The summed E-state index contributed by atoms with van der Waals surface area (Å²) in [5.74, 6) is 0.714. The van der Waals surface area contributed by atoms with Crippen molar-refractivity contribution in [3.8, 4) is 0 Å². The van der Waals surface area contributed by atoms with Gasteiger partial charge in [-0.25, -0.2) is 9.97 Å². The molecule has 0 bridgehead atoms. The molecule has 0 aliphatic carbocycles. The Bertz CT molecular complexity index is 341. The van der Waals surface area contributed by atoms with Crippen LogP contribution in [-0.2, 0) is 4.74 Å². The molecule has 0 aromatic carbocycles. The number of rotatable bonds is 4. The fourth-order valence-corrected chi connectivity index (χ4v) is 2.25. The zero-order valence-electron chi connectivity index (χ0n) is 8.99. The van der Waals surface area contributed by atoms with Crippen molar-refractivity contribution in [2.45, 2.75) is 24.1 Å². The van der Waals surface area contributed by atoms with Gasteiger partial charge in [-0.15, -0.1) is 0 Å². The van der Waals surface area contributed by atoms with E-state index in [1.54, 1.807) is 11.8 Å². The number of thioether (sulfide) groups is 1. The van der Waals surface area contributed by atoms with Crippen molar-refractivity contribution in [2.75, 3.05) is 25.1 Å². The fourth-order valence-electron chi connectivity index (χ4n) is 1.23. The molecule has 0 radical (unpaired) electrons. The summed E-state index contributed by atoms with van der Waals surface area (Å²) in [4.78, 5) is 8.68. The van der Waals surface area contributed by atoms with Crippen molar-refractivity contribution in [2.24, 2.45) is 0 Å². The van der Waals surface area contributed by atoms with Gasteiger partial charge in [-0.3, -0.25) is 0 Å². The highest BCUT2D eigenvalue weighted by Crippen LogP contribution is 2.28. The Morgan fingerprint density at radius 3 is 3.00 bits per heavy atom. The van der Waals surface area contributed by atoms with Crippen LogP contribution in [-0.4, -0.2) is 35.0 Å². The molecular weight excluding hydrogens is 210 g/mol. The highest BCUT2D eigenvalue weighted by Gasteiger charge is 2.21. The summed E-state index contributed by atoms with van der Waals surface area (Å²) in [7, 11) is 0. The third-order valence-electron chi connectivity index (χ3n) is 2.15. The number of nitrogens with zero attached hydrogens (tertiary/aromatic N) is 2. The van der Waals surface area contributed by atoms with Crippen molar-refractivity contribution in [3.63, 3.8) is 0 Å². The van der Waals surface area contributed by atoms with Crippen LogP contribution in [0.15, 0.2) is 11.2 Å². The SMILES string of the molecule is CCNc1ncc(C)c(SC2COC2)n1. The minimum atomic E-state index is 0.563. The Kier molecular flexibility index (Phi) is 3.43. The minimum Gasteiger partial charge on any atom is -0.379 e. The molecule has 1 aromatic heterocycles. The van der Waals surface area contributed by atoms with E-state index in [0.29, 0.717) is 11.2 Å². The lowest BCUT2D eigenvalue weighted by Gasteiger charge is -2.25. The van der Waals surface area contributed by atoms with Gasteiger partial charge in [-0.2, -0.15) is 0 Å². The Balaban J connectivity index is 2.08. The number of anilines is 1. The van der Waals surface area contributed by atoms with Crippen molar-refractivity contribution < 1.29 is 4.74 Å². The summed E-state index contributed by atoms with van der Waals surface area (Å²) in [6, 6.07) is 0. The van der Waals surface area contributed by atoms with Crippen molar-refractivity contribution in [1.82, 2.24) is 9.97 Å². The smallest absolute Gasteiger partial charge is 0.223 e. The van der Waals surface area contributed by atoms with Gasteiger partial charge in [-0.1, -0.05) is 11.8 Å². The van der Waals surface area contributed by atoms with Crippen molar-refractivity contribution in [1.29, 1.82) is 0 Å². The Morgan fingerprint density at radius 2 is 2.40 bits per heavy atom. The Hall–Kier alpha value is -0.810. The summed E-state index contributed by atoms with van der Waals surface area (Å²) in [5.41, 5.74) is 1.13. The monoisotopic (exact) mass is 225 g/mol. The molecule has 1 N–H and O–H groups in total. The molecule has 4 nitrogen and oxygen atoms in total. The van der Waals surface area contributed by atoms with Crippen LogP contribution >= 0.6 is 11.8 Å². The van der Waals surface area contributed by atoms with Gasteiger partial charge >= 0.3 is 0 Å². The van der Waals surface area contributed by atoms with Crippen molar-refractivity contribution in [3.05, 3.63) is 11.8 Å². The lowest BCUT2D eigenvalue weighted by molar-refractivity contribution is 0.0454. The molecule has 1 saturated heterocycles. The molecule has 1 aliphatic heterocycles. The third kappa shape index (κ3) is 2.60. The van der Waals surface area contributed by atoms with Gasteiger partial charge in [0.2, 0.25) is 5.95 Å². The van der Waals surface area contributed by atoms with Gasteiger partial charge in [-0.05, 0) is 19.4 Å². The second-order valence-electron chi connectivity index (χ2n) is 3.49. The molecule has 1 fully saturated rings. The lowest BCUT2D eigenvalue weighted by Crippen LogP contribution is -2.30. The largest absolute Gasteiger partial charge is 0.379 e. The van der Waals surface area contributed by atoms with E-state index < -0.39 is 0 Å². The second kappa shape index (κ2) is 4.81. The van der Waals surface area contributed by atoms with Gasteiger partial charge in [0.15, 0.2) is 0 Å². The Morgan fingerprint density at radius 1 is 1.60 bits per heavy atom. The van der Waals surface area contributed by atoms with E-state index >= 15 is 0 Å². The zero-order valence-corrected chi connectivity index (χ0v) is 9.80. The third-order valence-corrected chi connectivity index (χ3v) is 3.39. The van der Waals surface area contributed by atoms with E-state index in [9.17, 15) is 0 Å². The fraction of sp³-hybridized carbons (Fsp3) is 0.600. The summed E-state index contributed by atoms with van der Waals surface area (Å²) >= 11 is 1.78. The number of nitrogens with one attached hydrogen (secondary N) is 1. The van der Waals surface area contributed by atoms with Crippen LogP contribution < -0.4 is 5.32 Å². The number of ether oxygens (including phenoxy) is 1. The second-order valence-corrected chi connectivity index (χ2v) is 4.78. The van der Waals surface area contributed by atoms with E-state index in [1.807, 2.05) is 20.0 Å². The van der Waals surface area contributed by atoms with Crippen LogP contribution in [0.3, 0.4) is 0 Å². The zero-order chi connectivity index (χ0) is 10.7. The van der Waals surface area contributed by atoms with Gasteiger partial charge in [0, 0.05) is 12.7 Å². The summed E-state index contributed by atoms with van der Waals surface area (Å²) < 4.78 is 5.14. The van der Waals surface area contributed by atoms with Crippen LogP contribution in [0.25, 0.3) is 0 Å². The van der Waals surface area contributed by atoms with E-state index in [2.05, 4.69) is 15.3 Å². The molecule has 2 heterocycles. The van der Waals surface area contributed by atoms with Gasteiger partial charge < -0.3 is 10.1 Å². The molecule has 5 heteroatoms. The minimum absolute atomic E-state index is 0.563. The predicted molar refractivity (Wildman–Crippen MR) is 61.4 cm³/mol. The number of hydrogen-bond acceptors (Lipinski definition) is 5. The Labute approximate surface area is 93.8 Å². The molecule has 0 unspecified atom stereocenters. The summed E-state index contributed by atoms with van der Waals surface area (Å²) in [6.45, 7) is 6.60.